The summed E-state index contributed by atoms with van der Waals surface area (Å²) in [6.07, 6.45) is 17.8. The van der Waals surface area contributed by atoms with Crippen molar-refractivity contribution in [1.82, 2.24) is 0 Å². The Hall–Kier alpha value is -1.39. The molecule has 4 aliphatic rings. The van der Waals surface area contributed by atoms with Gasteiger partial charge in [-0.2, -0.15) is 8.42 Å². The van der Waals surface area contributed by atoms with Crippen LogP contribution in [-0.4, -0.2) is 14.5 Å². The maximum absolute atomic E-state index is 13.0. The number of allylic oxidation sites excluding steroid dienone is 3. The fourth-order valence-corrected chi connectivity index (χ4v) is 10.9. The average molecular weight is 567 g/mol. The van der Waals surface area contributed by atoms with Crippen molar-refractivity contribution in [1.29, 1.82) is 0 Å². The molecule has 0 bridgehead atoms. The van der Waals surface area contributed by atoms with Gasteiger partial charge in [-0.3, -0.25) is 4.18 Å². The molecule has 0 aliphatic heterocycles. The minimum atomic E-state index is -3.74. The molecular weight excluding hydrogens is 512 g/mol. The van der Waals surface area contributed by atoms with Crippen molar-refractivity contribution < 1.29 is 12.6 Å². The normalized spacial score (nSPS) is 37.5. The minimum absolute atomic E-state index is 0.187. The molecule has 1 aromatic rings. The van der Waals surface area contributed by atoms with Crippen LogP contribution in [0.1, 0.15) is 105 Å². The van der Waals surface area contributed by atoms with Crippen LogP contribution in [0.15, 0.2) is 53.0 Å². The molecule has 4 aliphatic carbocycles. The highest BCUT2D eigenvalue weighted by Gasteiger charge is 2.59. The van der Waals surface area contributed by atoms with E-state index < -0.39 is 10.1 Å². The molecule has 222 valence electrons. The van der Waals surface area contributed by atoms with Crippen LogP contribution in [0, 0.1) is 59.2 Å². The molecule has 3 nitrogen and oxygen atoms in total. The zero-order valence-electron chi connectivity index (χ0n) is 26.2. The van der Waals surface area contributed by atoms with Gasteiger partial charge >= 0.3 is 0 Å². The molecule has 0 saturated heterocycles. The van der Waals surface area contributed by atoms with Crippen LogP contribution in [-0.2, 0) is 14.3 Å². The van der Waals surface area contributed by atoms with Crippen LogP contribution < -0.4 is 0 Å². The van der Waals surface area contributed by atoms with Gasteiger partial charge in [-0.25, -0.2) is 0 Å². The third-order valence-corrected chi connectivity index (χ3v) is 13.7. The summed E-state index contributed by atoms with van der Waals surface area (Å²) < 4.78 is 31.9. The van der Waals surface area contributed by atoms with Crippen molar-refractivity contribution in [3.8, 4) is 0 Å². The smallest absolute Gasteiger partial charge is 0.263 e. The third-order valence-electron chi connectivity index (χ3n) is 12.3. The molecule has 4 heteroatoms. The third kappa shape index (κ3) is 5.41. The Balaban J connectivity index is 1.28. The molecule has 5 rings (SSSR count). The second kappa shape index (κ2) is 11.4. The summed E-state index contributed by atoms with van der Waals surface area (Å²) in [6, 6.07) is 7.01. The first kappa shape index (κ1) is 30.1. The largest absolute Gasteiger partial charge is 0.297 e. The lowest BCUT2D eigenvalue weighted by atomic mass is 9.47. The van der Waals surface area contributed by atoms with E-state index in [4.69, 9.17) is 4.18 Å². The molecule has 40 heavy (non-hydrogen) atoms. The summed E-state index contributed by atoms with van der Waals surface area (Å²) in [5.74, 6) is 5.13. The highest BCUT2D eigenvalue weighted by molar-refractivity contribution is 7.86. The van der Waals surface area contributed by atoms with E-state index in [2.05, 4.69) is 59.8 Å². The van der Waals surface area contributed by atoms with Crippen molar-refractivity contribution in [2.45, 2.75) is 117 Å². The van der Waals surface area contributed by atoms with Crippen molar-refractivity contribution in [2.75, 3.05) is 0 Å². The molecule has 0 aromatic heterocycles. The zero-order chi connectivity index (χ0) is 28.9. The first-order valence-corrected chi connectivity index (χ1v) is 17.7. The van der Waals surface area contributed by atoms with E-state index in [1.165, 1.54) is 37.7 Å². The Labute approximate surface area is 245 Å². The molecule has 3 fully saturated rings. The molecule has 0 N–H and O–H groups in total. The monoisotopic (exact) mass is 566 g/mol. The van der Waals surface area contributed by atoms with Gasteiger partial charge in [-0.15, -0.1) is 0 Å². The zero-order valence-corrected chi connectivity index (χ0v) is 27.0. The molecule has 0 radical (unpaired) electrons. The van der Waals surface area contributed by atoms with Gasteiger partial charge in [0.2, 0.25) is 0 Å². The van der Waals surface area contributed by atoms with E-state index in [0.29, 0.717) is 23.2 Å². The Bertz CT molecular complexity index is 1210. The molecule has 0 spiro atoms. The van der Waals surface area contributed by atoms with Crippen LogP contribution in [0.3, 0.4) is 0 Å². The van der Waals surface area contributed by atoms with E-state index in [9.17, 15) is 8.42 Å². The van der Waals surface area contributed by atoms with Crippen molar-refractivity contribution in [3.05, 3.63) is 53.6 Å². The van der Waals surface area contributed by atoms with Crippen LogP contribution in [0.4, 0.5) is 0 Å². The fraction of sp³-hybridized carbons (Fsp3) is 0.722. The number of rotatable bonds is 8. The molecule has 3 saturated carbocycles. The summed E-state index contributed by atoms with van der Waals surface area (Å²) in [5, 5.41) is 0. The van der Waals surface area contributed by atoms with Gasteiger partial charge in [0.15, 0.2) is 0 Å². The molecule has 0 heterocycles. The molecule has 1 aromatic carbocycles. The number of hydrogen-bond acceptors (Lipinski definition) is 3. The van der Waals surface area contributed by atoms with Crippen molar-refractivity contribution in [3.63, 3.8) is 0 Å². The Kier molecular flexibility index (Phi) is 8.54. The summed E-state index contributed by atoms with van der Waals surface area (Å²) in [5.41, 5.74) is 3.15. The molecule has 0 amide bonds. The Morgan fingerprint density at radius 2 is 1.70 bits per heavy atom. The van der Waals surface area contributed by atoms with Gasteiger partial charge in [0, 0.05) is 0 Å². The topological polar surface area (TPSA) is 43.4 Å². The van der Waals surface area contributed by atoms with E-state index in [0.717, 1.165) is 54.9 Å². The van der Waals surface area contributed by atoms with E-state index >= 15 is 0 Å². The lowest BCUT2D eigenvalue weighted by molar-refractivity contribution is -0.0523. The van der Waals surface area contributed by atoms with Gasteiger partial charge in [-0.1, -0.05) is 83.0 Å². The summed E-state index contributed by atoms with van der Waals surface area (Å²) >= 11 is 0. The first-order chi connectivity index (χ1) is 18.9. The van der Waals surface area contributed by atoms with Crippen molar-refractivity contribution in [2.24, 2.45) is 52.3 Å². The van der Waals surface area contributed by atoms with Gasteiger partial charge in [-0.05, 0) is 129 Å². The first-order valence-electron chi connectivity index (χ1n) is 16.3. The molecule has 9 atom stereocenters. The maximum Gasteiger partial charge on any atom is 0.297 e. The summed E-state index contributed by atoms with van der Waals surface area (Å²) in [4.78, 5) is 0.268. The molecular formula is C36H54O3S. The SMILES string of the molecule is CCC(/C=C\C(C)C1CCC2C3CC=C4CC(OS(=O)(=O)c5ccc(C)cc5)CCC4(C)C3CCC12C)C(C)C. The van der Waals surface area contributed by atoms with Crippen LogP contribution in [0.25, 0.3) is 0 Å². The highest BCUT2D eigenvalue weighted by Crippen LogP contribution is 2.67. The van der Waals surface area contributed by atoms with Crippen LogP contribution in [0.2, 0.25) is 0 Å². The standard InChI is InChI=1S/C36H54O3S/c1-8-27(24(2)3)12-11-26(5)32-17-18-33-31-16-13-28-23-29(39-40(37,38)30-14-9-25(4)10-15-30)19-21-35(28,6)34(31)20-22-36(32,33)7/h9-15,24,26-27,29,31-34H,8,16-23H2,1-7H3/b12-11-. The minimum Gasteiger partial charge on any atom is -0.263 e. The summed E-state index contributed by atoms with van der Waals surface area (Å²) in [7, 11) is -3.74. The van der Waals surface area contributed by atoms with Gasteiger partial charge in [0.25, 0.3) is 10.1 Å². The van der Waals surface area contributed by atoms with Gasteiger partial charge in [0.1, 0.15) is 0 Å². The number of aryl methyl sites for hydroxylation is 1. The average Bonchev–Trinajstić information content (AvgIpc) is 3.26. The predicted octanol–water partition coefficient (Wildman–Crippen LogP) is 9.52. The maximum atomic E-state index is 13.0. The Morgan fingerprint density at radius 3 is 2.38 bits per heavy atom. The number of benzene rings is 1. The van der Waals surface area contributed by atoms with Crippen LogP contribution in [0.5, 0.6) is 0 Å². The van der Waals surface area contributed by atoms with Crippen LogP contribution >= 0.6 is 0 Å². The predicted molar refractivity (Wildman–Crippen MR) is 165 cm³/mol. The van der Waals surface area contributed by atoms with Crippen molar-refractivity contribution >= 4 is 10.1 Å². The Morgan fingerprint density at radius 1 is 0.975 bits per heavy atom. The van der Waals surface area contributed by atoms with Gasteiger partial charge in [0.05, 0.1) is 11.0 Å². The van der Waals surface area contributed by atoms with Gasteiger partial charge < -0.3 is 0 Å². The number of hydrogen-bond donors (Lipinski definition) is 0. The van der Waals surface area contributed by atoms with E-state index in [1.54, 1.807) is 12.1 Å². The molecule has 9 unspecified atom stereocenters. The lowest BCUT2D eigenvalue weighted by Crippen LogP contribution is -2.51. The second-order valence-corrected chi connectivity index (χ2v) is 16.3. The fourth-order valence-electron chi connectivity index (χ4n) is 9.84. The lowest BCUT2D eigenvalue weighted by Gasteiger charge is -2.58. The van der Waals surface area contributed by atoms with E-state index in [1.807, 2.05) is 19.1 Å². The highest BCUT2D eigenvalue weighted by atomic mass is 32.2. The van der Waals surface area contributed by atoms with E-state index in [-0.39, 0.29) is 16.4 Å². The number of fused-ring (bicyclic) bond motifs is 5. The quantitative estimate of drug-likeness (QED) is 0.232. The summed E-state index contributed by atoms with van der Waals surface area (Å²) in [6.45, 7) is 16.6. The second-order valence-electron chi connectivity index (χ2n) is 14.8.